The number of halogens is 3. The lowest BCUT2D eigenvalue weighted by Gasteiger charge is -2.39. The summed E-state index contributed by atoms with van der Waals surface area (Å²) in [4.78, 5) is 11.6. The highest BCUT2D eigenvalue weighted by Crippen LogP contribution is 2.43. The van der Waals surface area contributed by atoms with Crippen molar-refractivity contribution in [1.29, 1.82) is 0 Å². The fraction of sp³-hybridized carbons (Fsp3) is 0.889. The Hall–Kier alpha value is -0.430. The van der Waals surface area contributed by atoms with Crippen molar-refractivity contribution in [2.45, 2.75) is 25.1 Å². The third-order valence-electron chi connectivity index (χ3n) is 2.81. The van der Waals surface area contributed by atoms with Gasteiger partial charge in [-0.25, -0.2) is 0 Å². The number of nitrogens with two attached hydrogens (primary N) is 1. The van der Waals surface area contributed by atoms with Gasteiger partial charge in [0.2, 0.25) is 0 Å². The Labute approximate surface area is 95.9 Å². The molecule has 0 aliphatic carbocycles. The molecule has 1 aliphatic rings. The summed E-state index contributed by atoms with van der Waals surface area (Å²) in [5.74, 6) is 0.00183. The molecule has 94 valence electrons. The van der Waals surface area contributed by atoms with Crippen molar-refractivity contribution < 1.29 is 22.7 Å². The van der Waals surface area contributed by atoms with Gasteiger partial charge in [0, 0.05) is 11.8 Å². The van der Waals surface area contributed by atoms with E-state index in [2.05, 4.69) is 4.74 Å². The van der Waals surface area contributed by atoms with Crippen LogP contribution in [0.25, 0.3) is 0 Å². The molecule has 1 aliphatic heterocycles. The van der Waals surface area contributed by atoms with Gasteiger partial charge < -0.3 is 10.5 Å². The zero-order chi connectivity index (χ0) is 12.4. The number of hydrogen-bond acceptors (Lipinski definition) is 4. The molecule has 0 radical (unpaired) electrons. The molecule has 0 amide bonds. The molecule has 7 heteroatoms. The van der Waals surface area contributed by atoms with Crippen LogP contribution in [0.1, 0.15) is 12.8 Å². The Kier molecular flexibility index (Phi) is 4.12. The van der Waals surface area contributed by atoms with Crippen LogP contribution in [0.15, 0.2) is 0 Å². The summed E-state index contributed by atoms with van der Waals surface area (Å²) in [6, 6.07) is -0.805. The van der Waals surface area contributed by atoms with Crippen LogP contribution >= 0.6 is 11.8 Å². The molecule has 1 saturated heterocycles. The van der Waals surface area contributed by atoms with Crippen molar-refractivity contribution in [2.24, 2.45) is 11.1 Å². The predicted octanol–water partition coefficient (Wildman–Crippen LogP) is 1.56. The summed E-state index contributed by atoms with van der Waals surface area (Å²) in [7, 11) is 1.09. The van der Waals surface area contributed by atoms with E-state index in [1.54, 1.807) is 0 Å². The summed E-state index contributed by atoms with van der Waals surface area (Å²) >= 11 is 1.46. The summed E-state index contributed by atoms with van der Waals surface area (Å²) in [6.45, 7) is 0. The molecule has 0 spiro atoms. The zero-order valence-electron chi connectivity index (χ0n) is 8.84. The smallest absolute Gasteiger partial charge is 0.390 e. The Morgan fingerprint density at radius 2 is 2.25 bits per heavy atom. The maximum absolute atomic E-state index is 12.5. The molecule has 0 aromatic carbocycles. The minimum Gasteiger partial charge on any atom is -0.469 e. The molecule has 0 aromatic rings. The van der Waals surface area contributed by atoms with E-state index in [0.29, 0.717) is 11.5 Å². The Bertz CT molecular complexity index is 272. The second-order valence-electron chi connectivity index (χ2n) is 3.87. The fourth-order valence-electron chi connectivity index (χ4n) is 1.92. The van der Waals surface area contributed by atoms with E-state index in [1.807, 2.05) is 0 Å². The third-order valence-corrected chi connectivity index (χ3v) is 3.90. The number of rotatable bonds is 2. The molecule has 2 unspecified atom stereocenters. The maximum Gasteiger partial charge on any atom is 0.390 e. The predicted molar refractivity (Wildman–Crippen MR) is 55.0 cm³/mol. The van der Waals surface area contributed by atoms with Gasteiger partial charge in [0.1, 0.15) is 0 Å². The maximum atomic E-state index is 12.5. The van der Waals surface area contributed by atoms with Crippen LogP contribution in [0.3, 0.4) is 0 Å². The first kappa shape index (κ1) is 13.6. The van der Waals surface area contributed by atoms with Crippen molar-refractivity contribution in [3.05, 3.63) is 0 Å². The average molecular weight is 257 g/mol. The highest BCUT2D eigenvalue weighted by atomic mass is 32.2. The second kappa shape index (κ2) is 4.83. The average Bonchev–Trinajstić information content (AvgIpc) is 2.18. The highest BCUT2D eigenvalue weighted by molar-refractivity contribution is 7.99. The number of methoxy groups -OCH3 is 1. The van der Waals surface area contributed by atoms with E-state index >= 15 is 0 Å². The fourth-order valence-corrected chi connectivity index (χ4v) is 3.16. The molecule has 3 nitrogen and oxygen atoms in total. The van der Waals surface area contributed by atoms with Gasteiger partial charge in [-0.05, 0) is 12.2 Å². The van der Waals surface area contributed by atoms with Gasteiger partial charge >= 0.3 is 12.1 Å². The first-order chi connectivity index (χ1) is 7.32. The van der Waals surface area contributed by atoms with E-state index in [4.69, 9.17) is 5.73 Å². The molecule has 1 rings (SSSR count). The minimum absolute atomic E-state index is 0.116. The molecular weight excluding hydrogens is 243 g/mol. The number of hydrogen-bond donors (Lipinski definition) is 1. The first-order valence-electron chi connectivity index (χ1n) is 4.80. The summed E-state index contributed by atoms with van der Waals surface area (Å²) in [5.41, 5.74) is 4.08. The van der Waals surface area contributed by atoms with Crippen molar-refractivity contribution in [3.63, 3.8) is 0 Å². The van der Waals surface area contributed by atoms with Crippen LogP contribution in [-0.2, 0) is 9.53 Å². The van der Waals surface area contributed by atoms with Gasteiger partial charge in [0.25, 0.3) is 0 Å². The summed E-state index contributed by atoms with van der Waals surface area (Å²) in [6.07, 6.45) is -5.49. The second-order valence-corrected chi connectivity index (χ2v) is 5.02. The Morgan fingerprint density at radius 1 is 1.62 bits per heavy atom. The van der Waals surface area contributed by atoms with Crippen molar-refractivity contribution in [3.8, 4) is 0 Å². The van der Waals surface area contributed by atoms with Gasteiger partial charge in [-0.15, -0.1) is 0 Å². The lowest BCUT2D eigenvalue weighted by atomic mass is 9.75. The molecule has 0 bridgehead atoms. The first-order valence-corrected chi connectivity index (χ1v) is 5.96. The van der Waals surface area contributed by atoms with Gasteiger partial charge in [-0.1, -0.05) is 0 Å². The normalized spacial score (nSPS) is 31.2. The molecule has 1 heterocycles. The number of alkyl halides is 3. The van der Waals surface area contributed by atoms with Crippen LogP contribution < -0.4 is 5.73 Å². The lowest BCUT2D eigenvalue weighted by molar-refractivity contribution is -0.184. The number of carbonyl (C=O) groups excluding carboxylic acids is 1. The molecule has 16 heavy (non-hydrogen) atoms. The SMILES string of the molecule is COC(=O)C1(CC(F)(F)F)CCSCC1N. The molecular formula is C9H14F3NO2S. The summed E-state index contributed by atoms with van der Waals surface area (Å²) < 4.78 is 41.9. The molecule has 0 aromatic heterocycles. The number of thioether (sulfide) groups is 1. The van der Waals surface area contributed by atoms with E-state index < -0.39 is 30.0 Å². The quantitative estimate of drug-likeness (QED) is 0.763. The number of esters is 1. The van der Waals surface area contributed by atoms with Crippen molar-refractivity contribution in [2.75, 3.05) is 18.6 Å². The standard InChI is InChI=1S/C9H14F3NO2S/c1-15-7(14)8(5-9(10,11)12)2-3-16-4-6(8)13/h6H,2-5,13H2,1H3. The highest BCUT2D eigenvalue weighted by Gasteiger charge is 2.53. The Balaban J connectivity index is 2.95. The largest absolute Gasteiger partial charge is 0.469 e. The minimum atomic E-state index is -4.41. The zero-order valence-corrected chi connectivity index (χ0v) is 9.66. The van der Waals surface area contributed by atoms with Gasteiger partial charge in [-0.3, -0.25) is 4.79 Å². The molecule has 1 fully saturated rings. The van der Waals surface area contributed by atoms with E-state index in [1.165, 1.54) is 11.8 Å². The van der Waals surface area contributed by atoms with Gasteiger partial charge in [0.15, 0.2) is 0 Å². The van der Waals surface area contributed by atoms with E-state index in [-0.39, 0.29) is 6.42 Å². The Morgan fingerprint density at radius 3 is 2.69 bits per heavy atom. The molecule has 0 saturated carbocycles. The monoisotopic (exact) mass is 257 g/mol. The van der Waals surface area contributed by atoms with Crippen LogP contribution in [0.4, 0.5) is 13.2 Å². The van der Waals surface area contributed by atoms with Gasteiger partial charge in [0.05, 0.1) is 18.9 Å². The van der Waals surface area contributed by atoms with Crippen LogP contribution in [-0.4, -0.2) is 36.8 Å². The number of carbonyl (C=O) groups is 1. The van der Waals surface area contributed by atoms with E-state index in [9.17, 15) is 18.0 Å². The van der Waals surface area contributed by atoms with Gasteiger partial charge in [-0.2, -0.15) is 24.9 Å². The lowest BCUT2D eigenvalue weighted by Crippen LogP contribution is -2.54. The molecule has 2 atom stereocenters. The third kappa shape index (κ3) is 2.82. The molecule has 2 N–H and O–H groups in total. The van der Waals surface area contributed by atoms with E-state index in [0.717, 1.165) is 7.11 Å². The van der Waals surface area contributed by atoms with Crippen LogP contribution in [0.5, 0.6) is 0 Å². The van der Waals surface area contributed by atoms with Crippen molar-refractivity contribution in [1.82, 2.24) is 0 Å². The topological polar surface area (TPSA) is 52.3 Å². The number of ether oxygens (including phenoxy) is 1. The van der Waals surface area contributed by atoms with Crippen LogP contribution in [0, 0.1) is 5.41 Å². The van der Waals surface area contributed by atoms with Crippen molar-refractivity contribution >= 4 is 17.7 Å². The van der Waals surface area contributed by atoms with Crippen LogP contribution in [0.2, 0.25) is 0 Å². The summed E-state index contributed by atoms with van der Waals surface area (Å²) in [5, 5.41) is 0.